The van der Waals surface area contributed by atoms with Crippen molar-refractivity contribution in [2.75, 3.05) is 6.61 Å². The molecule has 5 heteroatoms. The number of benzene rings is 2. The van der Waals surface area contributed by atoms with E-state index in [1.807, 2.05) is 19.1 Å². The first-order valence-corrected chi connectivity index (χ1v) is 6.95. The summed E-state index contributed by atoms with van der Waals surface area (Å²) in [5.74, 6) is -1.17. The quantitative estimate of drug-likeness (QED) is 0.905. The SMILES string of the molecule is CCOc1ccc(Br)cc1C(N)c1ccc(F)c(F)c1. The van der Waals surface area contributed by atoms with Crippen molar-refractivity contribution in [1.29, 1.82) is 0 Å². The van der Waals surface area contributed by atoms with E-state index in [0.29, 0.717) is 23.5 Å². The van der Waals surface area contributed by atoms with E-state index >= 15 is 0 Å². The van der Waals surface area contributed by atoms with Gasteiger partial charge in [-0.15, -0.1) is 0 Å². The van der Waals surface area contributed by atoms with Gasteiger partial charge >= 0.3 is 0 Å². The number of hydrogen-bond donors (Lipinski definition) is 1. The summed E-state index contributed by atoms with van der Waals surface area (Å²) in [6.07, 6.45) is 0. The zero-order chi connectivity index (χ0) is 14.7. The van der Waals surface area contributed by atoms with Crippen LogP contribution in [0.3, 0.4) is 0 Å². The lowest BCUT2D eigenvalue weighted by molar-refractivity contribution is 0.335. The molecule has 0 bridgehead atoms. The van der Waals surface area contributed by atoms with Gasteiger partial charge in [-0.3, -0.25) is 0 Å². The molecule has 1 atom stereocenters. The third-order valence-corrected chi connectivity index (χ3v) is 3.40. The molecule has 1 unspecified atom stereocenters. The lowest BCUT2D eigenvalue weighted by Gasteiger charge is -2.17. The summed E-state index contributed by atoms with van der Waals surface area (Å²) in [6.45, 7) is 2.37. The van der Waals surface area contributed by atoms with Gasteiger partial charge in [0.2, 0.25) is 0 Å². The molecule has 0 spiro atoms. The summed E-state index contributed by atoms with van der Waals surface area (Å²) >= 11 is 3.37. The Morgan fingerprint density at radius 2 is 1.90 bits per heavy atom. The second kappa shape index (κ2) is 6.33. The largest absolute Gasteiger partial charge is 0.494 e. The average Bonchev–Trinajstić information content (AvgIpc) is 2.43. The van der Waals surface area contributed by atoms with Gasteiger partial charge in [-0.2, -0.15) is 0 Å². The Morgan fingerprint density at radius 1 is 1.15 bits per heavy atom. The van der Waals surface area contributed by atoms with E-state index in [1.54, 1.807) is 6.07 Å². The van der Waals surface area contributed by atoms with Gasteiger partial charge in [-0.05, 0) is 42.8 Å². The van der Waals surface area contributed by atoms with E-state index in [4.69, 9.17) is 10.5 Å². The molecule has 2 rings (SSSR count). The molecule has 2 nitrogen and oxygen atoms in total. The van der Waals surface area contributed by atoms with Crippen LogP contribution in [0.4, 0.5) is 8.78 Å². The van der Waals surface area contributed by atoms with Gasteiger partial charge in [0, 0.05) is 10.0 Å². The first-order valence-electron chi connectivity index (χ1n) is 6.15. The number of rotatable bonds is 4. The second-order valence-corrected chi connectivity index (χ2v) is 5.18. The highest BCUT2D eigenvalue weighted by molar-refractivity contribution is 9.10. The van der Waals surface area contributed by atoms with Crippen molar-refractivity contribution in [2.45, 2.75) is 13.0 Å². The molecular formula is C15H14BrF2NO. The van der Waals surface area contributed by atoms with E-state index in [9.17, 15) is 8.78 Å². The summed E-state index contributed by atoms with van der Waals surface area (Å²) in [7, 11) is 0. The summed E-state index contributed by atoms with van der Waals surface area (Å²) in [6, 6.07) is 8.51. The zero-order valence-corrected chi connectivity index (χ0v) is 12.5. The predicted molar refractivity (Wildman–Crippen MR) is 77.7 cm³/mol. The second-order valence-electron chi connectivity index (χ2n) is 4.27. The maximum Gasteiger partial charge on any atom is 0.159 e. The summed E-state index contributed by atoms with van der Waals surface area (Å²) in [5.41, 5.74) is 7.35. The predicted octanol–water partition coefficient (Wildman–Crippen LogP) is 4.17. The van der Waals surface area contributed by atoms with E-state index in [1.165, 1.54) is 6.07 Å². The minimum Gasteiger partial charge on any atom is -0.494 e. The lowest BCUT2D eigenvalue weighted by atomic mass is 9.98. The van der Waals surface area contributed by atoms with Crippen LogP contribution in [0.25, 0.3) is 0 Å². The van der Waals surface area contributed by atoms with Crippen molar-refractivity contribution in [3.05, 3.63) is 63.6 Å². The van der Waals surface area contributed by atoms with E-state index in [2.05, 4.69) is 15.9 Å². The van der Waals surface area contributed by atoms with Crippen LogP contribution in [-0.4, -0.2) is 6.61 Å². The molecule has 2 aromatic carbocycles. The standard InChI is InChI=1S/C15H14BrF2NO/c1-2-20-14-6-4-10(16)8-11(14)15(19)9-3-5-12(17)13(18)7-9/h3-8,15H,2,19H2,1H3. The molecule has 106 valence electrons. The Morgan fingerprint density at radius 3 is 2.55 bits per heavy atom. The van der Waals surface area contributed by atoms with Gasteiger partial charge in [-0.1, -0.05) is 22.0 Å². The maximum absolute atomic E-state index is 13.3. The Labute approximate surface area is 124 Å². The van der Waals surface area contributed by atoms with E-state index in [-0.39, 0.29) is 0 Å². The first kappa shape index (κ1) is 14.9. The monoisotopic (exact) mass is 341 g/mol. The molecule has 0 aromatic heterocycles. The molecule has 20 heavy (non-hydrogen) atoms. The highest BCUT2D eigenvalue weighted by atomic mass is 79.9. The summed E-state index contributed by atoms with van der Waals surface area (Å²) < 4.78 is 32.7. The highest BCUT2D eigenvalue weighted by Gasteiger charge is 2.16. The van der Waals surface area contributed by atoms with Gasteiger partial charge in [0.25, 0.3) is 0 Å². The van der Waals surface area contributed by atoms with Crippen molar-refractivity contribution < 1.29 is 13.5 Å². The molecule has 0 amide bonds. The normalized spacial score (nSPS) is 12.2. The Balaban J connectivity index is 2.43. The van der Waals surface area contributed by atoms with E-state index < -0.39 is 17.7 Å². The third-order valence-electron chi connectivity index (χ3n) is 2.91. The third kappa shape index (κ3) is 3.16. The molecule has 0 aliphatic carbocycles. The fourth-order valence-corrected chi connectivity index (χ4v) is 2.31. The molecule has 0 saturated carbocycles. The smallest absolute Gasteiger partial charge is 0.159 e. The molecule has 0 radical (unpaired) electrons. The van der Waals surface area contributed by atoms with Crippen molar-refractivity contribution >= 4 is 15.9 Å². The van der Waals surface area contributed by atoms with Crippen LogP contribution in [0, 0.1) is 11.6 Å². The molecular weight excluding hydrogens is 328 g/mol. The summed E-state index contributed by atoms with van der Waals surface area (Å²) in [5, 5.41) is 0. The molecule has 2 N–H and O–H groups in total. The van der Waals surface area contributed by atoms with Gasteiger partial charge < -0.3 is 10.5 Å². The molecule has 0 saturated heterocycles. The van der Waals surface area contributed by atoms with Crippen molar-refractivity contribution in [1.82, 2.24) is 0 Å². The van der Waals surface area contributed by atoms with Crippen LogP contribution in [0.2, 0.25) is 0 Å². The van der Waals surface area contributed by atoms with Crippen molar-refractivity contribution in [3.8, 4) is 5.75 Å². The van der Waals surface area contributed by atoms with Crippen LogP contribution in [-0.2, 0) is 0 Å². The van der Waals surface area contributed by atoms with Crippen molar-refractivity contribution in [2.24, 2.45) is 5.73 Å². The van der Waals surface area contributed by atoms with Gasteiger partial charge in [0.15, 0.2) is 11.6 Å². The number of halogens is 3. The van der Waals surface area contributed by atoms with Crippen LogP contribution in [0.5, 0.6) is 5.75 Å². The van der Waals surface area contributed by atoms with Crippen LogP contribution >= 0.6 is 15.9 Å². The Hall–Kier alpha value is -1.46. The van der Waals surface area contributed by atoms with E-state index in [0.717, 1.165) is 16.6 Å². The molecule has 0 heterocycles. The van der Waals surface area contributed by atoms with Crippen LogP contribution < -0.4 is 10.5 Å². The fourth-order valence-electron chi connectivity index (χ4n) is 1.93. The Kier molecular flexibility index (Phi) is 4.73. The number of hydrogen-bond acceptors (Lipinski definition) is 2. The summed E-state index contributed by atoms with van der Waals surface area (Å²) in [4.78, 5) is 0. The number of nitrogens with two attached hydrogens (primary N) is 1. The van der Waals surface area contributed by atoms with Gasteiger partial charge in [0.05, 0.1) is 12.6 Å². The molecule has 0 fully saturated rings. The Bertz CT molecular complexity index is 619. The maximum atomic E-state index is 13.3. The van der Waals surface area contributed by atoms with Crippen molar-refractivity contribution in [3.63, 3.8) is 0 Å². The topological polar surface area (TPSA) is 35.2 Å². The highest BCUT2D eigenvalue weighted by Crippen LogP contribution is 2.31. The minimum atomic E-state index is -0.911. The zero-order valence-electron chi connectivity index (χ0n) is 10.9. The lowest BCUT2D eigenvalue weighted by Crippen LogP contribution is -2.14. The van der Waals surface area contributed by atoms with Crippen LogP contribution in [0.15, 0.2) is 40.9 Å². The molecule has 0 aliphatic rings. The molecule has 0 aliphatic heterocycles. The van der Waals surface area contributed by atoms with Crippen LogP contribution in [0.1, 0.15) is 24.1 Å². The average molecular weight is 342 g/mol. The van der Waals surface area contributed by atoms with Gasteiger partial charge in [-0.25, -0.2) is 8.78 Å². The van der Waals surface area contributed by atoms with Gasteiger partial charge in [0.1, 0.15) is 5.75 Å². The first-order chi connectivity index (χ1) is 9.52. The molecule has 2 aromatic rings. The number of ether oxygens (including phenoxy) is 1. The fraction of sp³-hybridized carbons (Fsp3) is 0.200. The minimum absolute atomic E-state index is 0.489.